The largest absolute Gasteiger partial charge is 0.103 e. The smallest absolute Gasteiger partial charge is 0.0853 e. The summed E-state index contributed by atoms with van der Waals surface area (Å²) in [5, 5.41) is 0. The van der Waals surface area contributed by atoms with E-state index in [0.29, 0.717) is 5.41 Å². The van der Waals surface area contributed by atoms with E-state index in [-0.39, 0.29) is 0 Å². The van der Waals surface area contributed by atoms with Crippen molar-refractivity contribution in [2.75, 3.05) is 0 Å². The summed E-state index contributed by atoms with van der Waals surface area (Å²) >= 11 is 0. The SMILES string of the molecule is CC(C)=CCC[C+](C)[C@@H]1CC[C@]2(C)C/C=C(\C)CC/C=C(\C)CC[C@@H]12. The standard InChI is InChI=1S/C25H41/c1-19(2)9-7-12-22(5)23-16-18-25(6)17-15-21(4)11-8-10-20(3)13-14-24(23)25/h9-10,15,23-24H,7-8,11-14,16-18H2,1-6H3/q+1/b20-10+,21-15+/t23-,24-,25-/m0/s1. The average molecular weight is 342 g/mol. The number of rotatable bonds is 4. The normalized spacial score (nSPS) is 34.8. The molecule has 0 unspecified atom stereocenters. The quantitative estimate of drug-likeness (QED) is 0.357. The maximum absolute atomic E-state index is 2.59. The van der Waals surface area contributed by atoms with Crippen molar-refractivity contribution >= 4 is 0 Å². The lowest BCUT2D eigenvalue weighted by atomic mass is 9.69. The molecule has 1 fully saturated rings. The molecule has 0 aliphatic heterocycles. The van der Waals surface area contributed by atoms with Crippen LogP contribution < -0.4 is 0 Å². The molecule has 0 aromatic rings. The highest BCUT2D eigenvalue weighted by atomic mass is 14.5. The van der Waals surface area contributed by atoms with Crippen molar-refractivity contribution in [2.45, 2.75) is 99.3 Å². The highest BCUT2D eigenvalue weighted by Crippen LogP contribution is 2.55. The van der Waals surface area contributed by atoms with E-state index in [1.54, 1.807) is 17.1 Å². The fraction of sp³-hybridized carbons (Fsp3) is 0.720. The lowest BCUT2D eigenvalue weighted by Gasteiger charge is -2.32. The molecule has 0 aromatic carbocycles. The van der Waals surface area contributed by atoms with Crippen molar-refractivity contribution in [1.82, 2.24) is 0 Å². The molecule has 2 rings (SSSR count). The molecule has 25 heavy (non-hydrogen) atoms. The van der Waals surface area contributed by atoms with Crippen LogP contribution in [-0.4, -0.2) is 0 Å². The van der Waals surface area contributed by atoms with Crippen molar-refractivity contribution in [1.29, 1.82) is 0 Å². The lowest BCUT2D eigenvalue weighted by molar-refractivity contribution is 0.184. The van der Waals surface area contributed by atoms with Crippen LogP contribution in [0.1, 0.15) is 99.3 Å². The second-order valence-corrected chi connectivity index (χ2v) is 9.45. The number of allylic oxidation sites excluding steroid dienone is 6. The van der Waals surface area contributed by atoms with Gasteiger partial charge in [-0.2, -0.15) is 0 Å². The molecular formula is C25H41+. The van der Waals surface area contributed by atoms with E-state index < -0.39 is 0 Å². The van der Waals surface area contributed by atoms with Gasteiger partial charge in [0, 0.05) is 12.3 Å². The molecule has 2 aliphatic rings. The average Bonchev–Trinajstić information content (AvgIpc) is 2.86. The number of hydrogen-bond acceptors (Lipinski definition) is 0. The van der Waals surface area contributed by atoms with Crippen molar-refractivity contribution in [3.05, 3.63) is 40.9 Å². The lowest BCUT2D eigenvalue weighted by Crippen LogP contribution is -2.27. The van der Waals surface area contributed by atoms with Crippen LogP contribution in [0, 0.1) is 23.2 Å². The first kappa shape index (κ1) is 20.4. The Labute approximate surface area is 157 Å². The van der Waals surface area contributed by atoms with E-state index in [2.05, 4.69) is 59.8 Å². The summed E-state index contributed by atoms with van der Waals surface area (Å²) in [6.07, 6.45) is 19.3. The molecular weight excluding hydrogens is 300 g/mol. The third-order valence-corrected chi connectivity index (χ3v) is 6.93. The monoisotopic (exact) mass is 341 g/mol. The predicted octanol–water partition coefficient (Wildman–Crippen LogP) is 8.22. The summed E-state index contributed by atoms with van der Waals surface area (Å²) in [5.74, 6) is 3.48. The van der Waals surface area contributed by atoms with Crippen LogP contribution in [0.15, 0.2) is 34.9 Å². The van der Waals surface area contributed by atoms with Gasteiger partial charge in [-0.05, 0) is 78.1 Å². The van der Waals surface area contributed by atoms with Crippen LogP contribution in [-0.2, 0) is 0 Å². The maximum atomic E-state index is 2.59. The van der Waals surface area contributed by atoms with Crippen LogP contribution >= 0.6 is 0 Å². The van der Waals surface area contributed by atoms with Gasteiger partial charge >= 0.3 is 0 Å². The minimum absolute atomic E-state index is 0.508. The van der Waals surface area contributed by atoms with Crippen molar-refractivity contribution < 1.29 is 0 Å². The van der Waals surface area contributed by atoms with E-state index in [0.717, 1.165) is 11.8 Å². The summed E-state index contributed by atoms with van der Waals surface area (Å²) < 4.78 is 0. The van der Waals surface area contributed by atoms with Crippen molar-refractivity contribution in [3.63, 3.8) is 0 Å². The van der Waals surface area contributed by atoms with Crippen LogP contribution in [0.4, 0.5) is 0 Å². The first-order valence-corrected chi connectivity index (χ1v) is 10.6. The van der Waals surface area contributed by atoms with Gasteiger partial charge in [0.05, 0.1) is 19.3 Å². The number of hydrogen-bond donors (Lipinski definition) is 0. The summed E-state index contributed by atoms with van der Waals surface area (Å²) in [6.45, 7) is 14.2. The van der Waals surface area contributed by atoms with Gasteiger partial charge in [-0.25, -0.2) is 0 Å². The third-order valence-electron chi connectivity index (χ3n) is 6.93. The highest BCUT2D eigenvalue weighted by molar-refractivity contribution is 5.12. The highest BCUT2D eigenvalue weighted by Gasteiger charge is 2.50. The summed E-state index contributed by atoms with van der Waals surface area (Å²) in [7, 11) is 0. The molecule has 140 valence electrons. The third kappa shape index (κ3) is 5.80. The predicted molar refractivity (Wildman–Crippen MR) is 113 cm³/mol. The Balaban J connectivity index is 2.13. The van der Waals surface area contributed by atoms with E-state index in [4.69, 9.17) is 0 Å². The zero-order valence-electron chi connectivity index (χ0n) is 17.8. The Morgan fingerprint density at radius 3 is 2.60 bits per heavy atom. The molecule has 0 spiro atoms. The molecule has 2 aliphatic carbocycles. The summed E-state index contributed by atoms with van der Waals surface area (Å²) in [6, 6.07) is 0. The van der Waals surface area contributed by atoms with Gasteiger partial charge in [0.1, 0.15) is 5.92 Å². The van der Waals surface area contributed by atoms with E-state index >= 15 is 0 Å². The molecule has 0 heterocycles. The van der Waals surface area contributed by atoms with Gasteiger partial charge in [0.25, 0.3) is 0 Å². The molecule has 1 saturated carbocycles. The first-order chi connectivity index (χ1) is 11.8. The van der Waals surface area contributed by atoms with Gasteiger partial charge in [0.2, 0.25) is 0 Å². The Hall–Kier alpha value is -0.910. The Kier molecular flexibility index (Phi) is 7.47. The molecule has 0 heteroatoms. The molecule has 0 N–H and O–H groups in total. The van der Waals surface area contributed by atoms with E-state index in [1.165, 1.54) is 63.4 Å². The number of fused-ring (bicyclic) bond motifs is 1. The molecule has 0 bridgehead atoms. The van der Waals surface area contributed by atoms with Gasteiger partial charge < -0.3 is 0 Å². The topological polar surface area (TPSA) is 0 Å². The Bertz CT molecular complexity index is 514. The van der Waals surface area contributed by atoms with Crippen LogP contribution in [0.3, 0.4) is 0 Å². The molecule has 0 nitrogen and oxygen atoms in total. The van der Waals surface area contributed by atoms with Crippen molar-refractivity contribution in [2.24, 2.45) is 17.3 Å². The zero-order chi connectivity index (χ0) is 18.4. The fourth-order valence-electron chi connectivity index (χ4n) is 5.07. The second-order valence-electron chi connectivity index (χ2n) is 9.45. The molecule has 3 atom stereocenters. The van der Waals surface area contributed by atoms with Gasteiger partial charge in [0.15, 0.2) is 0 Å². The molecule has 0 aromatic heterocycles. The summed E-state index contributed by atoms with van der Waals surface area (Å²) in [5.41, 5.74) is 5.18. The fourth-order valence-corrected chi connectivity index (χ4v) is 5.07. The molecule has 0 radical (unpaired) electrons. The van der Waals surface area contributed by atoms with E-state index in [1.807, 2.05) is 0 Å². The minimum Gasteiger partial charge on any atom is -0.0853 e. The van der Waals surface area contributed by atoms with Gasteiger partial charge in [-0.1, -0.05) is 41.9 Å². The van der Waals surface area contributed by atoms with Crippen LogP contribution in [0.5, 0.6) is 0 Å². The van der Waals surface area contributed by atoms with Crippen LogP contribution in [0.2, 0.25) is 0 Å². The summed E-state index contributed by atoms with van der Waals surface area (Å²) in [4.78, 5) is 0. The van der Waals surface area contributed by atoms with Gasteiger partial charge in [-0.15, -0.1) is 0 Å². The Morgan fingerprint density at radius 1 is 1.16 bits per heavy atom. The van der Waals surface area contributed by atoms with Crippen molar-refractivity contribution in [3.8, 4) is 0 Å². The first-order valence-electron chi connectivity index (χ1n) is 10.6. The zero-order valence-corrected chi connectivity index (χ0v) is 17.8. The van der Waals surface area contributed by atoms with Gasteiger partial charge in [-0.3, -0.25) is 0 Å². The van der Waals surface area contributed by atoms with E-state index in [9.17, 15) is 0 Å². The maximum Gasteiger partial charge on any atom is 0.103 e. The molecule has 0 amide bonds. The minimum atomic E-state index is 0.508. The second kappa shape index (κ2) is 9.15. The van der Waals surface area contributed by atoms with Crippen LogP contribution in [0.25, 0.3) is 0 Å². The Morgan fingerprint density at radius 2 is 1.88 bits per heavy atom. The molecule has 0 saturated heterocycles.